The smallest absolute Gasteiger partial charge is 0.411 e. The van der Waals surface area contributed by atoms with Crippen LogP contribution in [0.5, 0.6) is 0 Å². The summed E-state index contributed by atoms with van der Waals surface area (Å²) >= 11 is 0. The maximum Gasteiger partial charge on any atom is 0.411 e. The summed E-state index contributed by atoms with van der Waals surface area (Å²) in [4.78, 5) is 15.6. The van der Waals surface area contributed by atoms with E-state index < -0.39 is 18.6 Å². The number of oxazole rings is 1. The van der Waals surface area contributed by atoms with E-state index in [2.05, 4.69) is 15.0 Å². The molecule has 0 saturated carbocycles. The zero-order valence-corrected chi connectivity index (χ0v) is 13.1. The zero-order valence-electron chi connectivity index (χ0n) is 13.1. The van der Waals surface area contributed by atoms with E-state index in [4.69, 9.17) is 4.42 Å². The lowest BCUT2D eigenvalue weighted by Crippen LogP contribution is -2.29. The first-order chi connectivity index (χ1) is 11.8. The molecule has 0 aliphatic carbocycles. The molecule has 1 aromatic carbocycles. The van der Waals surface area contributed by atoms with Crippen LogP contribution in [0.1, 0.15) is 12.3 Å². The van der Waals surface area contributed by atoms with Crippen molar-refractivity contribution < 1.29 is 31.5 Å². The van der Waals surface area contributed by atoms with Gasteiger partial charge in [0.15, 0.2) is 11.7 Å². The van der Waals surface area contributed by atoms with E-state index in [-0.39, 0.29) is 49.1 Å². The van der Waals surface area contributed by atoms with Crippen LogP contribution in [0, 0.1) is 5.82 Å². The standard InChI is InChI=1S/C16H16F4N2O3/c17-12-4-2-1-3-11(12)13-9-22-15(25-13)6-5-14(23)21-7-8-24-10-16(18,19)20/h1-4,9H,5-8,10H2,(H,21,23). The van der Waals surface area contributed by atoms with Gasteiger partial charge < -0.3 is 14.5 Å². The van der Waals surface area contributed by atoms with Crippen molar-refractivity contribution in [1.29, 1.82) is 0 Å². The largest absolute Gasteiger partial charge is 0.441 e. The first-order valence-electron chi connectivity index (χ1n) is 7.46. The first-order valence-corrected chi connectivity index (χ1v) is 7.46. The van der Waals surface area contributed by atoms with Crippen LogP contribution in [0.25, 0.3) is 11.3 Å². The maximum absolute atomic E-state index is 13.6. The number of hydrogen-bond donors (Lipinski definition) is 1. The van der Waals surface area contributed by atoms with Crippen LogP contribution < -0.4 is 5.32 Å². The van der Waals surface area contributed by atoms with Crippen molar-refractivity contribution in [2.75, 3.05) is 19.8 Å². The molecule has 2 rings (SSSR count). The number of nitrogens with one attached hydrogen (secondary N) is 1. The van der Waals surface area contributed by atoms with Crippen LogP contribution >= 0.6 is 0 Å². The number of carbonyl (C=O) groups excluding carboxylic acids is 1. The van der Waals surface area contributed by atoms with E-state index in [1.165, 1.54) is 12.3 Å². The van der Waals surface area contributed by atoms with Gasteiger partial charge in [-0.15, -0.1) is 0 Å². The molecule has 9 heteroatoms. The van der Waals surface area contributed by atoms with Gasteiger partial charge in [-0.05, 0) is 12.1 Å². The van der Waals surface area contributed by atoms with Gasteiger partial charge in [0.05, 0.1) is 18.4 Å². The highest BCUT2D eigenvalue weighted by atomic mass is 19.4. The van der Waals surface area contributed by atoms with Gasteiger partial charge in [0.1, 0.15) is 12.4 Å². The second-order valence-electron chi connectivity index (χ2n) is 5.12. The van der Waals surface area contributed by atoms with Gasteiger partial charge >= 0.3 is 6.18 Å². The Hall–Kier alpha value is -2.42. The topological polar surface area (TPSA) is 64.4 Å². The van der Waals surface area contributed by atoms with Crippen molar-refractivity contribution in [2.24, 2.45) is 0 Å². The molecule has 1 N–H and O–H groups in total. The lowest BCUT2D eigenvalue weighted by atomic mass is 10.2. The number of halogens is 4. The van der Waals surface area contributed by atoms with E-state index >= 15 is 0 Å². The zero-order chi connectivity index (χ0) is 18.3. The van der Waals surface area contributed by atoms with Crippen LogP contribution in [0.15, 0.2) is 34.9 Å². The van der Waals surface area contributed by atoms with Gasteiger partial charge in [0.25, 0.3) is 0 Å². The quantitative estimate of drug-likeness (QED) is 0.580. The van der Waals surface area contributed by atoms with E-state index in [0.717, 1.165) is 0 Å². The lowest BCUT2D eigenvalue weighted by molar-refractivity contribution is -0.173. The predicted molar refractivity (Wildman–Crippen MR) is 80.1 cm³/mol. The Morgan fingerprint density at radius 1 is 1.28 bits per heavy atom. The summed E-state index contributed by atoms with van der Waals surface area (Å²) in [5.74, 6) is -0.293. The summed E-state index contributed by atoms with van der Waals surface area (Å²) in [6, 6.07) is 6.06. The number of rotatable bonds is 8. The molecule has 0 aliphatic heterocycles. The third kappa shape index (κ3) is 6.54. The molecule has 0 fully saturated rings. The highest BCUT2D eigenvalue weighted by molar-refractivity contribution is 5.76. The second kappa shape index (κ2) is 8.61. The molecular formula is C16H16F4N2O3. The molecule has 25 heavy (non-hydrogen) atoms. The van der Waals surface area contributed by atoms with E-state index in [9.17, 15) is 22.4 Å². The van der Waals surface area contributed by atoms with E-state index in [1.54, 1.807) is 18.2 Å². The van der Waals surface area contributed by atoms with Crippen LogP contribution in [-0.2, 0) is 16.0 Å². The fraction of sp³-hybridized carbons (Fsp3) is 0.375. The monoisotopic (exact) mass is 360 g/mol. The fourth-order valence-electron chi connectivity index (χ4n) is 1.97. The van der Waals surface area contributed by atoms with Crippen molar-refractivity contribution in [3.05, 3.63) is 42.2 Å². The summed E-state index contributed by atoms with van der Waals surface area (Å²) in [7, 11) is 0. The van der Waals surface area contributed by atoms with Gasteiger partial charge in [0.2, 0.25) is 5.91 Å². The molecule has 1 amide bonds. The van der Waals surface area contributed by atoms with Gasteiger partial charge in [-0.25, -0.2) is 9.37 Å². The van der Waals surface area contributed by atoms with Gasteiger partial charge in [-0.3, -0.25) is 4.79 Å². The molecule has 0 radical (unpaired) electrons. The van der Waals surface area contributed by atoms with Gasteiger partial charge in [-0.1, -0.05) is 12.1 Å². The Morgan fingerprint density at radius 2 is 2.04 bits per heavy atom. The lowest BCUT2D eigenvalue weighted by Gasteiger charge is -2.08. The average Bonchev–Trinajstić information content (AvgIpc) is 3.00. The minimum Gasteiger partial charge on any atom is -0.441 e. The highest BCUT2D eigenvalue weighted by Gasteiger charge is 2.27. The van der Waals surface area contributed by atoms with E-state index in [1.807, 2.05) is 0 Å². The molecule has 0 unspecified atom stereocenters. The van der Waals surface area contributed by atoms with Crippen LogP contribution in [0.3, 0.4) is 0 Å². The molecule has 1 aromatic heterocycles. The van der Waals surface area contributed by atoms with Crippen LogP contribution in [0.4, 0.5) is 17.6 Å². The number of hydrogen-bond acceptors (Lipinski definition) is 4. The Labute approximate surface area is 141 Å². The Balaban J connectivity index is 1.71. The molecule has 2 aromatic rings. The van der Waals surface area contributed by atoms with Crippen molar-refractivity contribution in [3.63, 3.8) is 0 Å². The fourth-order valence-corrected chi connectivity index (χ4v) is 1.97. The number of nitrogens with zero attached hydrogens (tertiary/aromatic N) is 1. The van der Waals surface area contributed by atoms with Crippen molar-refractivity contribution in [3.8, 4) is 11.3 Å². The van der Waals surface area contributed by atoms with Gasteiger partial charge in [-0.2, -0.15) is 13.2 Å². The van der Waals surface area contributed by atoms with Crippen molar-refractivity contribution in [2.45, 2.75) is 19.0 Å². The number of ether oxygens (including phenoxy) is 1. The molecule has 0 saturated heterocycles. The molecule has 5 nitrogen and oxygen atoms in total. The Kier molecular flexibility index (Phi) is 6.51. The number of aromatic nitrogens is 1. The second-order valence-corrected chi connectivity index (χ2v) is 5.12. The molecule has 0 atom stereocenters. The number of aryl methyl sites for hydroxylation is 1. The third-order valence-electron chi connectivity index (χ3n) is 3.09. The highest BCUT2D eigenvalue weighted by Crippen LogP contribution is 2.23. The van der Waals surface area contributed by atoms with E-state index in [0.29, 0.717) is 0 Å². The van der Waals surface area contributed by atoms with Crippen LogP contribution in [-0.4, -0.2) is 36.8 Å². The molecule has 1 heterocycles. The molecule has 136 valence electrons. The Morgan fingerprint density at radius 3 is 2.76 bits per heavy atom. The summed E-state index contributed by atoms with van der Waals surface area (Å²) < 4.78 is 58.9. The maximum atomic E-state index is 13.6. The Bertz CT molecular complexity index is 701. The normalized spacial score (nSPS) is 11.5. The third-order valence-corrected chi connectivity index (χ3v) is 3.09. The number of carbonyl (C=O) groups is 1. The molecule has 0 aliphatic rings. The minimum atomic E-state index is -4.38. The van der Waals surface area contributed by atoms with Crippen LogP contribution in [0.2, 0.25) is 0 Å². The molecular weight excluding hydrogens is 344 g/mol. The number of amides is 1. The summed E-state index contributed by atoms with van der Waals surface area (Å²) in [5.41, 5.74) is 0.271. The summed E-state index contributed by atoms with van der Waals surface area (Å²) in [6.45, 7) is -1.61. The number of benzene rings is 1. The minimum absolute atomic E-state index is 0.0268. The summed E-state index contributed by atoms with van der Waals surface area (Å²) in [6.07, 6.45) is -2.79. The predicted octanol–water partition coefficient (Wildman–Crippen LogP) is 3.11. The van der Waals surface area contributed by atoms with Crippen molar-refractivity contribution in [1.82, 2.24) is 10.3 Å². The van der Waals surface area contributed by atoms with Crippen molar-refractivity contribution >= 4 is 5.91 Å². The van der Waals surface area contributed by atoms with Gasteiger partial charge in [0, 0.05) is 19.4 Å². The average molecular weight is 360 g/mol. The molecule has 0 bridgehead atoms. The summed E-state index contributed by atoms with van der Waals surface area (Å²) in [5, 5.41) is 2.43. The number of alkyl halides is 3. The SMILES string of the molecule is O=C(CCc1ncc(-c2ccccc2F)o1)NCCOCC(F)(F)F. The molecule has 0 spiro atoms. The first kappa shape index (κ1) is 18.9.